The number of hydrogen-bond donors (Lipinski definition) is 1. The molecule has 1 saturated heterocycles. The molecule has 0 aromatic heterocycles. The predicted octanol–water partition coefficient (Wildman–Crippen LogP) is 1.76. The number of sulfonamides is 1. The second kappa shape index (κ2) is 7.19. The maximum absolute atomic E-state index is 12.3. The van der Waals surface area contributed by atoms with Crippen molar-refractivity contribution < 1.29 is 13.2 Å². The summed E-state index contributed by atoms with van der Waals surface area (Å²) in [6.07, 6.45) is 0. The van der Waals surface area contributed by atoms with E-state index in [2.05, 4.69) is 25.6 Å². The van der Waals surface area contributed by atoms with E-state index in [1.807, 2.05) is 13.8 Å². The van der Waals surface area contributed by atoms with E-state index in [4.69, 9.17) is 4.74 Å². The number of nitrogens with zero attached hydrogens (tertiary/aromatic N) is 1. The summed E-state index contributed by atoms with van der Waals surface area (Å²) in [5.41, 5.74) is 0.902. The summed E-state index contributed by atoms with van der Waals surface area (Å²) in [6.45, 7) is 7.42. The third-order valence-corrected chi connectivity index (χ3v) is 5.99. The second-order valence-corrected chi connectivity index (χ2v) is 7.88. The zero-order chi connectivity index (χ0) is 15.5. The minimum absolute atomic E-state index is 0.153. The molecule has 0 saturated carbocycles. The first-order valence-corrected chi connectivity index (χ1v) is 9.25. The summed E-state index contributed by atoms with van der Waals surface area (Å²) in [5, 5.41) is 0. The van der Waals surface area contributed by atoms with Gasteiger partial charge in [0.25, 0.3) is 0 Å². The monoisotopic (exact) mass is 376 g/mol. The number of hydrogen-bond acceptors (Lipinski definition) is 4. The van der Waals surface area contributed by atoms with Gasteiger partial charge in [-0.3, -0.25) is 4.90 Å². The molecule has 21 heavy (non-hydrogen) atoms. The van der Waals surface area contributed by atoms with E-state index in [9.17, 15) is 8.42 Å². The van der Waals surface area contributed by atoms with Gasteiger partial charge in [0, 0.05) is 30.1 Å². The molecule has 1 aliphatic rings. The number of aryl methyl sites for hydroxylation is 1. The lowest BCUT2D eigenvalue weighted by Gasteiger charge is -2.32. The lowest BCUT2D eigenvalue weighted by atomic mass is 10.2. The van der Waals surface area contributed by atoms with Gasteiger partial charge in [0.2, 0.25) is 10.0 Å². The normalized spacial score (nSPS) is 18.6. The molecule has 0 aliphatic carbocycles. The molecule has 0 amide bonds. The number of ether oxygens (including phenoxy) is 1. The zero-order valence-corrected chi connectivity index (χ0v) is 14.7. The Kier molecular flexibility index (Phi) is 5.79. The summed E-state index contributed by atoms with van der Waals surface area (Å²) in [7, 11) is -3.46. The van der Waals surface area contributed by atoms with Gasteiger partial charge >= 0.3 is 0 Å². The van der Waals surface area contributed by atoms with Gasteiger partial charge in [-0.05, 0) is 37.6 Å². The summed E-state index contributed by atoms with van der Waals surface area (Å²) in [5.74, 6) is 0. The molecule has 0 bridgehead atoms. The standard InChI is InChI=1S/C14H21BrN2O3S/c1-11-9-13(3-4-14(11)15)21(18,19)16-10-12(2)17-5-7-20-8-6-17/h3-4,9,12,16H,5-8,10H2,1-2H3. The van der Waals surface area contributed by atoms with E-state index in [0.29, 0.717) is 24.7 Å². The van der Waals surface area contributed by atoms with Crippen molar-refractivity contribution in [3.63, 3.8) is 0 Å². The molecule has 1 fully saturated rings. The first-order chi connectivity index (χ1) is 9.90. The van der Waals surface area contributed by atoms with Gasteiger partial charge in [0.1, 0.15) is 0 Å². The summed E-state index contributed by atoms with van der Waals surface area (Å²) in [4.78, 5) is 2.54. The Labute approximate surface area is 134 Å². The Morgan fingerprint density at radius 1 is 1.38 bits per heavy atom. The SMILES string of the molecule is Cc1cc(S(=O)(=O)NCC(C)N2CCOCC2)ccc1Br. The van der Waals surface area contributed by atoms with Crippen molar-refractivity contribution in [2.45, 2.75) is 24.8 Å². The van der Waals surface area contributed by atoms with Gasteiger partial charge in [-0.15, -0.1) is 0 Å². The largest absolute Gasteiger partial charge is 0.379 e. The van der Waals surface area contributed by atoms with E-state index in [-0.39, 0.29) is 6.04 Å². The highest BCUT2D eigenvalue weighted by Gasteiger charge is 2.20. The van der Waals surface area contributed by atoms with Gasteiger partial charge in [-0.2, -0.15) is 0 Å². The summed E-state index contributed by atoms with van der Waals surface area (Å²) >= 11 is 3.38. The highest BCUT2D eigenvalue weighted by Crippen LogP contribution is 2.20. The average molecular weight is 377 g/mol. The third-order valence-electron chi connectivity index (χ3n) is 3.68. The van der Waals surface area contributed by atoms with Crippen LogP contribution in [-0.4, -0.2) is 52.2 Å². The molecule has 1 N–H and O–H groups in total. The molecule has 2 rings (SSSR count). The molecule has 1 aromatic carbocycles. The molecule has 0 radical (unpaired) electrons. The van der Waals surface area contributed by atoms with Crippen molar-refractivity contribution >= 4 is 26.0 Å². The van der Waals surface area contributed by atoms with Crippen molar-refractivity contribution in [2.24, 2.45) is 0 Å². The topological polar surface area (TPSA) is 58.6 Å². The maximum atomic E-state index is 12.3. The molecule has 7 heteroatoms. The van der Waals surface area contributed by atoms with Crippen LogP contribution in [0.5, 0.6) is 0 Å². The van der Waals surface area contributed by atoms with E-state index in [1.54, 1.807) is 18.2 Å². The van der Waals surface area contributed by atoms with Crippen LogP contribution in [0, 0.1) is 6.92 Å². The number of halogens is 1. The molecule has 118 valence electrons. The fourth-order valence-corrected chi connectivity index (χ4v) is 3.70. The fourth-order valence-electron chi connectivity index (χ4n) is 2.25. The molecule has 1 atom stereocenters. The highest BCUT2D eigenvalue weighted by atomic mass is 79.9. The smallest absolute Gasteiger partial charge is 0.240 e. The molecule has 1 unspecified atom stereocenters. The summed E-state index contributed by atoms with van der Waals surface area (Å²) in [6, 6.07) is 5.19. The molecule has 0 spiro atoms. The fraction of sp³-hybridized carbons (Fsp3) is 0.571. The van der Waals surface area contributed by atoms with Crippen LogP contribution < -0.4 is 4.72 Å². The van der Waals surface area contributed by atoms with E-state index >= 15 is 0 Å². The van der Waals surface area contributed by atoms with Crippen LogP contribution in [0.15, 0.2) is 27.6 Å². The zero-order valence-electron chi connectivity index (χ0n) is 12.3. The van der Waals surface area contributed by atoms with Crippen molar-refractivity contribution in [2.75, 3.05) is 32.8 Å². The quantitative estimate of drug-likeness (QED) is 0.850. The molecule has 1 aliphatic heterocycles. The van der Waals surface area contributed by atoms with Crippen molar-refractivity contribution in [3.8, 4) is 0 Å². The van der Waals surface area contributed by atoms with Crippen LogP contribution >= 0.6 is 15.9 Å². The van der Waals surface area contributed by atoms with Crippen LogP contribution in [0.2, 0.25) is 0 Å². The van der Waals surface area contributed by atoms with Gasteiger partial charge in [-0.1, -0.05) is 15.9 Å². The Balaban J connectivity index is 1.98. The van der Waals surface area contributed by atoms with Crippen LogP contribution in [-0.2, 0) is 14.8 Å². The van der Waals surface area contributed by atoms with E-state index in [1.165, 1.54) is 0 Å². The van der Waals surface area contributed by atoms with Crippen molar-refractivity contribution in [1.82, 2.24) is 9.62 Å². The number of morpholine rings is 1. The summed E-state index contributed by atoms with van der Waals surface area (Å²) < 4.78 is 33.5. The van der Waals surface area contributed by atoms with Gasteiger partial charge < -0.3 is 4.74 Å². The Bertz CT molecular complexity index is 586. The lowest BCUT2D eigenvalue weighted by molar-refractivity contribution is 0.0213. The van der Waals surface area contributed by atoms with Gasteiger partial charge in [0.15, 0.2) is 0 Å². The highest BCUT2D eigenvalue weighted by molar-refractivity contribution is 9.10. The van der Waals surface area contributed by atoms with Crippen LogP contribution in [0.3, 0.4) is 0 Å². The lowest BCUT2D eigenvalue weighted by Crippen LogP contribution is -2.47. The van der Waals surface area contributed by atoms with E-state index in [0.717, 1.165) is 23.1 Å². The number of nitrogens with one attached hydrogen (secondary N) is 1. The first-order valence-electron chi connectivity index (χ1n) is 6.98. The Morgan fingerprint density at radius 3 is 2.67 bits per heavy atom. The molecule has 5 nitrogen and oxygen atoms in total. The Morgan fingerprint density at radius 2 is 2.05 bits per heavy atom. The second-order valence-electron chi connectivity index (χ2n) is 5.26. The third kappa shape index (κ3) is 4.50. The first kappa shape index (κ1) is 16.9. The molecule has 1 heterocycles. The Hall–Kier alpha value is -0.470. The number of rotatable bonds is 5. The van der Waals surface area contributed by atoms with Crippen molar-refractivity contribution in [1.29, 1.82) is 0 Å². The minimum Gasteiger partial charge on any atom is -0.379 e. The predicted molar refractivity (Wildman–Crippen MR) is 85.9 cm³/mol. The van der Waals surface area contributed by atoms with Gasteiger partial charge in [0.05, 0.1) is 18.1 Å². The van der Waals surface area contributed by atoms with Crippen LogP contribution in [0.1, 0.15) is 12.5 Å². The maximum Gasteiger partial charge on any atom is 0.240 e. The van der Waals surface area contributed by atoms with Gasteiger partial charge in [-0.25, -0.2) is 13.1 Å². The molecular weight excluding hydrogens is 356 g/mol. The van der Waals surface area contributed by atoms with Crippen LogP contribution in [0.25, 0.3) is 0 Å². The van der Waals surface area contributed by atoms with Crippen molar-refractivity contribution in [3.05, 3.63) is 28.2 Å². The van der Waals surface area contributed by atoms with E-state index < -0.39 is 10.0 Å². The molecular formula is C14H21BrN2O3S. The molecule has 1 aromatic rings. The minimum atomic E-state index is -3.46. The van der Waals surface area contributed by atoms with Crippen LogP contribution in [0.4, 0.5) is 0 Å². The number of benzene rings is 1. The average Bonchev–Trinajstić information content (AvgIpc) is 2.48.